The number of nitrogens with two attached hydrogens (primary N) is 1. The first-order valence-corrected chi connectivity index (χ1v) is 26.0. The summed E-state index contributed by atoms with van der Waals surface area (Å²) in [5.41, 5.74) is 13.1. The lowest BCUT2D eigenvalue weighted by molar-refractivity contribution is -0.123. The summed E-state index contributed by atoms with van der Waals surface area (Å²) in [6.07, 6.45) is 5.09. The van der Waals surface area contributed by atoms with Crippen molar-refractivity contribution < 1.29 is 33.1 Å². The van der Waals surface area contributed by atoms with Crippen LogP contribution in [0.3, 0.4) is 0 Å². The minimum absolute atomic E-state index is 0.0237. The lowest BCUT2D eigenvalue weighted by Crippen LogP contribution is -2.43. The second-order valence-corrected chi connectivity index (χ2v) is 20.6. The first kappa shape index (κ1) is 53.1. The SMILES string of the molecule is CN(C)c1ccc2c(-c3ccc(N(C)C)c(OCCOc4ccc(C(=O)NCCNC(=O)C(N)CCCCNC(=O)CCCCC5SCC6NC(=O)NC65)cc4N(C)C)c3)c3ccc(=[N+](C)C)cc-3oc2c1. The molecule has 386 valence electrons. The molecule has 2 saturated heterocycles. The Bertz CT molecular complexity index is 2760. The fourth-order valence-electron chi connectivity index (χ4n) is 9.13. The zero-order valence-corrected chi connectivity index (χ0v) is 43.9. The number of fused-ring (bicyclic) bond motifs is 3. The van der Waals surface area contributed by atoms with Crippen LogP contribution in [0.15, 0.2) is 77.2 Å². The van der Waals surface area contributed by atoms with Gasteiger partial charge in [-0.15, -0.1) is 0 Å². The Labute approximate surface area is 427 Å². The molecule has 5 amide bonds. The summed E-state index contributed by atoms with van der Waals surface area (Å²) >= 11 is 1.89. The van der Waals surface area contributed by atoms with Crippen LogP contribution in [0.25, 0.3) is 33.4 Å². The van der Waals surface area contributed by atoms with Crippen LogP contribution in [0.5, 0.6) is 11.5 Å². The van der Waals surface area contributed by atoms with Crippen molar-refractivity contribution >= 4 is 63.5 Å². The molecule has 72 heavy (non-hydrogen) atoms. The molecule has 7 rings (SSSR count). The van der Waals surface area contributed by atoms with Crippen LogP contribution < -0.4 is 66.4 Å². The fraction of sp³-hybridized carbons (Fsp3) is 0.463. The second-order valence-electron chi connectivity index (χ2n) is 19.3. The number of carbonyl (C=O) groups is 4. The molecule has 0 aromatic heterocycles. The van der Waals surface area contributed by atoms with Gasteiger partial charge in [0.25, 0.3) is 5.91 Å². The lowest BCUT2D eigenvalue weighted by atomic mass is 9.93. The molecule has 0 bridgehead atoms. The highest BCUT2D eigenvalue weighted by Crippen LogP contribution is 2.43. The van der Waals surface area contributed by atoms with Crippen molar-refractivity contribution in [2.45, 2.75) is 68.3 Å². The van der Waals surface area contributed by atoms with Crippen LogP contribution in [0.4, 0.5) is 21.9 Å². The van der Waals surface area contributed by atoms with Crippen molar-refractivity contribution in [3.8, 4) is 33.9 Å². The van der Waals surface area contributed by atoms with E-state index in [9.17, 15) is 19.2 Å². The van der Waals surface area contributed by atoms with E-state index in [2.05, 4.69) is 90.7 Å². The van der Waals surface area contributed by atoms with E-state index < -0.39 is 6.04 Å². The molecule has 17 nitrogen and oxygen atoms in total. The summed E-state index contributed by atoms with van der Waals surface area (Å²) in [7, 11) is 15.8. The van der Waals surface area contributed by atoms with E-state index in [0.29, 0.717) is 48.1 Å². The average molecular weight is 1010 g/mol. The maximum absolute atomic E-state index is 13.2. The molecule has 4 unspecified atom stereocenters. The Hall–Kier alpha value is -6.66. The average Bonchev–Trinajstić information content (AvgIpc) is 3.92. The van der Waals surface area contributed by atoms with Gasteiger partial charge in [0.05, 0.1) is 35.6 Å². The highest BCUT2D eigenvalue weighted by atomic mass is 32.2. The summed E-state index contributed by atoms with van der Waals surface area (Å²) in [5, 5.41) is 17.1. The number of unbranched alkanes of at least 4 members (excludes halogenated alkanes) is 2. The van der Waals surface area contributed by atoms with Crippen LogP contribution in [-0.2, 0) is 9.59 Å². The van der Waals surface area contributed by atoms with Crippen molar-refractivity contribution in [1.82, 2.24) is 31.2 Å². The van der Waals surface area contributed by atoms with E-state index >= 15 is 0 Å². The Morgan fingerprint density at radius 3 is 2.31 bits per heavy atom. The molecule has 3 aromatic carbocycles. The van der Waals surface area contributed by atoms with Gasteiger partial charge in [-0.2, -0.15) is 11.8 Å². The number of urea groups is 1. The molecule has 4 atom stereocenters. The standard InChI is InChI=1S/C54H72N10O7S/c1-61(2)36-18-20-38-45(31-36)71-46-32-37(62(3)4)19-21-39(46)50(38)34-16-22-42(63(5)6)47(30-34)70-28-27-69-44-23-17-35(29-43(44)64(7)8)52(66)57-25-26-58-53(67)40(55)13-11-12-24-56-49(65)15-10-9-14-48-51-41(33-72-48)59-54(68)60-51/h16-23,29-32,40-41,48,51H,9-15,24-28,33,55H2,1-8H3,(H4-,56,57,58,59,60,65,66,67,68)/p+1. The van der Waals surface area contributed by atoms with Gasteiger partial charge in [0.2, 0.25) is 17.2 Å². The summed E-state index contributed by atoms with van der Waals surface area (Å²) < 4.78 is 21.4. The minimum Gasteiger partial charge on any atom is -0.488 e. The smallest absolute Gasteiger partial charge is 0.315 e. The third kappa shape index (κ3) is 13.4. The Morgan fingerprint density at radius 2 is 1.56 bits per heavy atom. The normalized spacial score (nSPS) is 16.3. The van der Waals surface area contributed by atoms with E-state index in [1.165, 1.54) is 0 Å². The van der Waals surface area contributed by atoms with E-state index in [4.69, 9.17) is 19.6 Å². The quantitative estimate of drug-likeness (QED) is 0.0208. The van der Waals surface area contributed by atoms with Gasteiger partial charge in [0, 0.05) is 119 Å². The molecule has 4 aliphatic rings. The first-order valence-electron chi connectivity index (χ1n) is 24.9. The van der Waals surface area contributed by atoms with Crippen molar-refractivity contribution in [1.29, 1.82) is 0 Å². The molecule has 3 aliphatic heterocycles. The van der Waals surface area contributed by atoms with Crippen LogP contribution in [-0.4, -0.2) is 142 Å². The van der Waals surface area contributed by atoms with Gasteiger partial charge >= 0.3 is 6.03 Å². The highest BCUT2D eigenvalue weighted by molar-refractivity contribution is 8.00. The topological polar surface area (TPSA) is 199 Å². The third-order valence-electron chi connectivity index (χ3n) is 13.1. The van der Waals surface area contributed by atoms with Gasteiger partial charge < -0.3 is 60.9 Å². The van der Waals surface area contributed by atoms with Crippen LogP contribution in [0.1, 0.15) is 55.3 Å². The highest BCUT2D eigenvalue weighted by Gasteiger charge is 2.42. The number of hydrogen-bond donors (Lipinski definition) is 6. The summed E-state index contributed by atoms with van der Waals surface area (Å²) in [5.74, 6) is 2.50. The van der Waals surface area contributed by atoms with Crippen molar-refractivity contribution in [2.75, 3.05) is 110 Å². The minimum atomic E-state index is -0.688. The zero-order valence-electron chi connectivity index (χ0n) is 43.1. The Kier molecular flexibility index (Phi) is 18.2. The molecule has 0 saturated carbocycles. The number of ether oxygens (including phenoxy) is 2. The Balaban J connectivity index is 0.847. The number of nitrogens with zero attached hydrogens (tertiary/aromatic N) is 4. The molecule has 1 aliphatic carbocycles. The fourth-order valence-corrected chi connectivity index (χ4v) is 10.7. The molecule has 2 fully saturated rings. The summed E-state index contributed by atoms with van der Waals surface area (Å²) in [6, 6.07) is 23.8. The van der Waals surface area contributed by atoms with Gasteiger partial charge in [-0.05, 0) is 86.2 Å². The number of nitrogens with one attached hydrogen (secondary N) is 5. The maximum Gasteiger partial charge on any atom is 0.315 e. The van der Waals surface area contributed by atoms with Gasteiger partial charge in [0.1, 0.15) is 50.2 Å². The second kappa shape index (κ2) is 24.6. The van der Waals surface area contributed by atoms with E-state index in [0.717, 1.165) is 87.3 Å². The molecule has 7 N–H and O–H groups in total. The molecular weight excluding hydrogens is 933 g/mol. The summed E-state index contributed by atoms with van der Waals surface area (Å²) in [4.78, 5) is 55.8. The molecule has 0 radical (unpaired) electrons. The zero-order chi connectivity index (χ0) is 51.5. The lowest BCUT2D eigenvalue weighted by Gasteiger charge is -2.22. The molecule has 3 heterocycles. The number of anilines is 3. The van der Waals surface area contributed by atoms with Gasteiger partial charge in [-0.25, -0.2) is 9.37 Å². The van der Waals surface area contributed by atoms with E-state index in [1.54, 1.807) is 18.2 Å². The summed E-state index contributed by atoms with van der Waals surface area (Å²) in [6.45, 7) is 1.50. The maximum atomic E-state index is 13.2. The van der Waals surface area contributed by atoms with Crippen molar-refractivity contribution in [3.63, 3.8) is 0 Å². The van der Waals surface area contributed by atoms with Gasteiger partial charge in [0.15, 0.2) is 0 Å². The molecule has 3 aromatic rings. The van der Waals surface area contributed by atoms with Crippen LogP contribution in [0, 0.1) is 0 Å². The largest absolute Gasteiger partial charge is 0.488 e. The first-order chi connectivity index (χ1) is 34.6. The number of thioether (sulfide) groups is 1. The molecular formula is C54H73N10O7S+. The van der Waals surface area contributed by atoms with E-state index in [-0.39, 0.29) is 62.1 Å². The van der Waals surface area contributed by atoms with Crippen LogP contribution >= 0.6 is 11.8 Å². The molecule has 0 spiro atoms. The van der Waals surface area contributed by atoms with Crippen molar-refractivity contribution in [2.24, 2.45) is 5.73 Å². The van der Waals surface area contributed by atoms with Gasteiger partial charge in [-0.1, -0.05) is 12.5 Å². The monoisotopic (exact) mass is 1010 g/mol. The van der Waals surface area contributed by atoms with Crippen molar-refractivity contribution in [3.05, 3.63) is 83.7 Å². The van der Waals surface area contributed by atoms with E-state index in [1.807, 2.05) is 77.9 Å². The predicted octanol–water partition coefficient (Wildman–Crippen LogP) is 5.08. The third-order valence-corrected chi connectivity index (χ3v) is 14.7. The number of amides is 5. The predicted molar refractivity (Wildman–Crippen MR) is 290 cm³/mol. The number of carbonyl (C=O) groups excluding carboxylic acids is 4. The van der Waals surface area contributed by atoms with Crippen LogP contribution in [0.2, 0.25) is 0 Å². The molecule has 18 heteroatoms. The Morgan fingerprint density at radius 1 is 0.792 bits per heavy atom. The number of hydrogen-bond acceptors (Lipinski definition) is 12. The number of rotatable bonds is 24. The number of benzene rings is 4. The van der Waals surface area contributed by atoms with Gasteiger partial charge in [-0.3, -0.25) is 14.4 Å².